The second-order valence-corrected chi connectivity index (χ2v) is 11.1. The number of amides is 2. The molecule has 4 rings (SSSR count). The number of hydrogen-bond donors (Lipinski definition) is 2. The van der Waals surface area contributed by atoms with Gasteiger partial charge in [0.1, 0.15) is 5.82 Å². The molecule has 0 bridgehead atoms. The third-order valence-electron chi connectivity index (χ3n) is 5.30. The smallest absolute Gasteiger partial charge is 0.256 e. The zero-order chi connectivity index (χ0) is 24.5. The quantitative estimate of drug-likeness (QED) is 0.539. The molecular weight excluding hydrogens is 477 g/mol. The van der Waals surface area contributed by atoms with Gasteiger partial charge in [-0.1, -0.05) is 23.9 Å². The van der Waals surface area contributed by atoms with Gasteiger partial charge in [0.15, 0.2) is 0 Å². The Balaban J connectivity index is 1.40. The molecule has 1 heterocycles. The minimum Gasteiger partial charge on any atom is -0.352 e. The van der Waals surface area contributed by atoms with Crippen molar-refractivity contribution in [3.8, 4) is 0 Å². The average Bonchev–Trinajstić information content (AvgIpc) is 2.94. The maximum Gasteiger partial charge on any atom is 0.256 e. The summed E-state index contributed by atoms with van der Waals surface area (Å²) in [5.41, 5.74) is 1.99. The number of nitrogens with zero attached hydrogens (tertiary/aromatic N) is 1. The predicted molar refractivity (Wildman–Crippen MR) is 128 cm³/mol. The van der Waals surface area contributed by atoms with E-state index in [1.54, 1.807) is 48.5 Å². The Labute approximate surface area is 201 Å². The van der Waals surface area contributed by atoms with Gasteiger partial charge in [0.2, 0.25) is 10.0 Å². The number of fused-ring (bicyclic) bond motifs is 2. The Morgan fingerprint density at radius 1 is 1.03 bits per heavy atom. The van der Waals surface area contributed by atoms with Crippen LogP contribution in [0.1, 0.15) is 26.3 Å². The van der Waals surface area contributed by atoms with Crippen molar-refractivity contribution < 1.29 is 22.4 Å². The lowest BCUT2D eigenvalue weighted by molar-refractivity contribution is 0.0952. The van der Waals surface area contributed by atoms with Crippen LogP contribution in [0.5, 0.6) is 0 Å². The van der Waals surface area contributed by atoms with Gasteiger partial charge in [0, 0.05) is 36.0 Å². The molecule has 3 aromatic carbocycles. The molecule has 1 aliphatic heterocycles. The second kappa shape index (κ2) is 9.57. The SMILES string of the molecule is CN(C)S(=O)(=O)c1ccc(CCNC(=O)c2ccc3c(c2)NC(=O)c2cc(F)ccc2S3)cc1. The summed E-state index contributed by atoms with van der Waals surface area (Å²) in [5, 5.41) is 5.58. The fraction of sp³-hybridized carbons (Fsp3) is 0.167. The van der Waals surface area contributed by atoms with E-state index >= 15 is 0 Å². The van der Waals surface area contributed by atoms with Crippen LogP contribution in [0.2, 0.25) is 0 Å². The highest BCUT2D eigenvalue weighted by atomic mass is 32.2. The van der Waals surface area contributed by atoms with Gasteiger partial charge >= 0.3 is 0 Å². The van der Waals surface area contributed by atoms with Crippen LogP contribution in [-0.2, 0) is 16.4 Å². The number of rotatable bonds is 6. The van der Waals surface area contributed by atoms with Crippen molar-refractivity contribution in [2.24, 2.45) is 0 Å². The van der Waals surface area contributed by atoms with Gasteiger partial charge in [-0.05, 0) is 60.5 Å². The van der Waals surface area contributed by atoms with Crippen molar-refractivity contribution in [1.29, 1.82) is 0 Å². The second-order valence-electron chi connectivity index (χ2n) is 7.84. The van der Waals surface area contributed by atoms with Crippen LogP contribution in [0, 0.1) is 5.82 Å². The lowest BCUT2D eigenvalue weighted by Gasteiger charge is -2.12. The molecule has 3 aromatic rings. The summed E-state index contributed by atoms with van der Waals surface area (Å²) < 4.78 is 39.0. The van der Waals surface area contributed by atoms with E-state index in [1.807, 2.05) is 0 Å². The molecule has 0 aliphatic carbocycles. The summed E-state index contributed by atoms with van der Waals surface area (Å²) in [6.07, 6.45) is 0.520. The third-order valence-corrected chi connectivity index (χ3v) is 8.28. The number of anilines is 1. The Morgan fingerprint density at radius 2 is 1.74 bits per heavy atom. The van der Waals surface area contributed by atoms with E-state index in [-0.39, 0.29) is 16.4 Å². The predicted octanol–water partition coefficient (Wildman–Crippen LogP) is 3.77. The van der Waals surface area contributed by atoms with Crippen LogP contribution in [0.15, 0.2) is 75.4 Å². The van der Waals surface area contributed by atoms with Crippen LogP contribution >= 0.6 is 11.8 Å². The molecule has 2 amide bonds. The zero-order valence-electron chi connectivity index (χ0n) is 18.5. The molecular formula is C24H22FN3O4S2. The molecule has 176 valence electrons. The first kappa shape index (κ1) is 23.9. The van der Waals surface area contributed by atoms with Gasteiger partial charge < -0.3 is 10.6 Å². The Bertz CT molecular complexity index is 1370. The number of carbonyl (C=O) groups is 2. The minimum absolute atomic E-state index is 0.208. The monoisotopic (exact) mass is 499 g/mol. The largest absolute Gasteiger partial charge is 0.352 e. The number of halogens is 1. The topological polar surface area (TPSA) is 95.6 Å². The Hall–Kier alpha value is -3.21. The van der Waals surface area contributed by atoms with E-state index in [9.17, 15) is 22.4 Å². The lowest BCUT2D eigenvalue weighted by atomic mass is 10.1. The molecule has 34 heavy (non-hydrogen) atoms. The van der Waals surface area contributed by atoms with Gasteiger partial charge in [0.25, 0.3) is 11.8 Å². The molecule has 0 unspecified atom stereocenters. The molecule has 0 atom stereocenters. The van der Waals surface area contributed by atoms with Crippen LogP contribution in [-0.4, -0.2) is 45.2 Å². The summed E-state index contributed by atoms with van der Waals surface area (Å²) in [4.78, 5) is 26.8. The summed E-state index contributed by atoms with van der Waals surface area (Å²) in [5.74, 6) is -1.23. The fourth-order valence-electron chi connectivity index (χ4n) is 3.40. The first-order chi connectivity index (χ1) is 16.1. The van der Waals surface area contributed by atoms with Gasteiger partial charge in [0.05, 0.1) is 16.1 Å². The zero-order valence-corrected chi connectivity index (χ0v) is 20.1. The van der Waals surface area contributed by atoms with Crippen molar-refractivity contribution in [2.75, 3.05) is 26.0 Å². The third kappa shape index (κ3) is 4.98. The van der Waals surface area contributed by atoms with Crippen molar-refractivity contribution in [1.82, 2.24) is 9.62 Å². The summed E-state index contributed by atoms with van der Waals surface area (Å²) in [6, 6.07) is 15.6. The standard InChI is InChI=1S/C24H22FN3O4S2/c1-28(2)34(31,32)18-7-3-15(4-8-18)11-12-26-23(29)16-5-9-22-20(13-16)27-24(30)19-14-17(25)6-10-21(19)33-22/h3-10,13-14H,11-12H2,1-2H3,(H,26,29)(H,27,30). The number of carbonyl (C=O) groups excluding carboxylic acids is 2. The number of nitrogens with one attached hydrogen (secondary N) is 2. The van der Waals surface area contributed by atoms with Gasteiger partial charge in [-0.25, -0.2) is 17.1 Å². The van der Waals surface area contributed by atoms with Gasteiger partial charge in [-0.2, -0.15) is 0 Å². The first-order valence-electron chi connectivity index (χ1n) is 10.4. The molecule has 0 aromatic heterocycles. The molecule has 0 saturated heterocycles. The van der Waals surface area contributed by atoms with Crippen LogP contribution < -0.4 is 10.6 Å². The van der Waals surface area contributed by atoms with E-state index < -0.39 is 21.7 Å². The molecule has 10 heteroatoms. The van der Waals surface area contributed by atoms with Crippen molar-refractivity contribution in [3.63, 3.8) is 0 Å². The molecule has 0 saturated carbocycles. The molecule has 7 nitrogen and oxygen atoms in total. The van der Waals surface area contributed by atoms with E-state index in [0.717, 1.165) is 14.8 Å². The van der Waals surface area contributed by atoms with Gasteiger partial charge in [-0.3, -0.25) is 9.59 Å². The van der Waals surface area contributed by atoms with Crippen LogP contribution in [0.3, 0.4) is 0 Å². The molecule has 0 fully saturated rings. The normalized spacial score (nSPS) is 13.0. The number of benzene rings is 3. The Morgan fingerprint density at radius 3 is 2.44 bits per heavy atom. The van der Waals surface area contributed by atoms with Crippen molar-refractivity contribution in [3.05, 3.63) is 83.2 Å². The molecule has 0 radical (unpaired) electrons. The highest BCUT2D eigenvalue weighted by molar-refractivity contribution is 7.99. The Kier molecular flexibility index (Phi) is 6.74. The summed E-state index contributed by atoms with van der Waals surface area (Å²) in [6.45, 7) is 0.349. The number of hydrogen-bond acceptors (Lipinski definition) is 5. The highest BCUT2D eigenvalue weighted by Gasteiger charge is 2.22. The average molecular weight is 500 g/mol. The highest BCUT2D eigenvalue weighted by Crippen LogP contribution is 2.39. The van der Waals surface area contributed by atoms with E-state index in [2.05, 4.69) is 10.6 Å². The molecule has 2 N–H and O–H groups in total. The summed E-state index contributed by atoms with van der Waals surface area (Å²) in [7, 11) is -0.532. The van der Waals surface area contributed by atoms with Crippen LogP contribution in [0.25, 0.3) is 0 Å². The van der Waals surface area contributed by atoms with Crippen molar-refractivity contribution in [2.45, 2.75) is 21.1 Å². The van der Waals surface area contributed by atoms with E-state index in [0.29, 0.717) is 29.1 Å². The summed E-state index contributed by atoms with van der Waals surface area (Å²) >= 11 is 1.33. The van der Waals surface area contributed by atoms with E-state index in [1.165, 1.54) is 38.0 Å². The molecule has 0 spiro atoms. The van der Waals surface area contributed by atoms with Crippen molar-refractivity contribution >= 4 is 39.3 Å². The minimum atomic E-state index is -3.48. The lowest BCUT2D eigenvalue weighted by Crippen LogP contribution is -2.26. The number of sulfonamides is 1. The van der Waals surface area contributed by atoms with Gasteiger partial charge in [-0.15, -0.1) is 0 Å². The maximum absolute atomic E-state index is 13.6. The fourth-order valence-corrected chi connectivity index (χ4v) is 5.29. The van der Waals surface area contributed by atoms with E-state index in [4.69, 9.17) is 0 Å². The van der Waals surface area contributed by atoms with Crippen LogP contribution in [0.4, 0.5) is 10.1 Å². The first-order valence-corrected chi connectivity index (χ1v) is 12.6. The molecule has 1 aliphatic rings. The maximum atomic E-state index is 13.6.